The van der Waals surface area contributed by atoms with Gasteiger partial charge in [-0.1, -0.05) is 29.9 Å². The Bertz CT molecular complexity index is 1150. The van der Waals surface area contributed by atoms with Crippen LogP contribution in [0.15, 0.2) is 48.1 Å². The Balaban J connectivity index is 2.44. The number of phenolic OH excluding ortho intramolecular Hbond substituents is 1. The van der Waals surface area contributed by atoms with E-state index in [2.05, 4.69) is 4.72 Å². The lowest BCUT2D eigenvalue weighted by atomic mass is 9.99. The second-order valence-corrected chi connectivity index (χ2v) is 9.26. The summed E-state index contributed by atoms with van der Waals surface area (Å²) < 4.78 is 41.1. The van der Waals surface area contributed by atoms with E-state index in [1.54, 1.807) is 30.3 Å². The first-order valence-electron chi connectivity index (χ1n) is 10.0. The summed E-state index contributed by atoms with van der Waals surface area (Å²) in [6.45, 7) is 3.75. The second kappa shape index (κ2) is 11.5. The summed E-state index contributed by atoms with van der Waals surface area (Å²) in [5.74, 6) is -0.0878. The number of aromatic hydroxyl groups is 1. The number of anilines is 1. The van der Waals surface area contributed by atoms with Crippen LogP contribution in [0.3, 0.4) is 0 Å². The van der Waals surface area contributed by atoms with Gasteiger partial charge in [-0.2, -0.15) is 0 Å². The maximum Gasteiger partial charge on any atom is 0.229 e. The minimum absolute atomic E-state index is 0.0510. The molecule has 0 aliphatic carbocycles. The Morgan fingerprint density at radius 2 is 1.82 bits per heavy atom. The number of carbonyl (C=O) groups excluding carboxylic acids is 1. The number of ketones is 1. The number of hydrogen-bond donors (Lipinski definition) is 2. The van der Waals surface area contributed by atoms with Gasteiger partial charge in [0.25, 0.3) is 0 Å². The first-order valence-corrected chi connectivity index (χ1v) is 11.9. The van der Waals surface area contributed by atoms with E-state index in [0.29, 0.717) is 23.2 Å². The van der Waals surface area contributed by atoms with Crippen LogP contribution in [0.2, 0.25) is 0 Å². The Morgan fingerprint density at radius 1 is 1.15 bits per heavy atom. The molecule has 0 saturated carbocycles. The van der Waals surface area contributed by atoms with Crippen molar-refractivity contribution < 1.29 is 32.5 Å². The predicted molar refractivity (Wildman–Crippen MR) is 129 cm³/mol. The smallest absolute Gasteiger partial charge is 0.229 e. The van der Waals surface area contributed by atoms with Gasteiger partial charge in [0.2, 0.25) is 10.0 Å². The van der Waals surface area contributed by atoms with Crippen molar-refractivity contribution in [3.05, 3.63) is 64.7 Å². The monoisotopic (exact) mass is 475 g/mol. The number of sulfonamides is 1. The molecule has 0 heterocycles. The molecule has 0 amide bonds. The van der Waals surface area contributed by atoms with Gasteiger partial charge in [-0.05, 0) is 44.0 Å². The molecule has 33 heavy (non-hydrogen) atoms. The van der Waals surface area contributed by atoms with E-state index >= 15 is 0 Å². The van der Waals surface area contributed by atoms with E-state index in [4.69, 9.17) is 14.2 Å². The van der Waals surface area contributed by atoms with E-state index < -0.39 is 15.8 Å². The Kier molecular flexibility index (Phi) is 9.07. The Hall–Kier alpha value is -3.30. The number of carbonyl (C=O) groups is 1. The van der Waals surface area contributed by atoms with Gasteiger partial charge < -0.3 is 19.3 Å². The zero-order valence-electron chi connectivity index (χ0n) is 19.3. The summed E-state index contributed by atoms with van der Waals surface area (Å²) in [4.78, 5) is 13.2. The van der Waals surface area contributed by atoms with Crippen LogP contribution in [-0.2, 0) is 21.2 Å². The zero-order chi connectivity index (χ0) is 24.6. The fourth-order valence-electron chi connectivity index (χ4n) is 2.97. The number of nitrogens with one attached hydrogen (secondary N) is 1. The van der Waals surface area contributed by atoms with E-state index in [1.165, 1.54) is 26.4 Å². The molecule has 0 saturated heterocycles. The molecular formula is C24H29NO7S. The first kappa shape index (κ1) is 26.0. The van der Waals surface area contributed by atoms with E-state index in [1.807, 2.05) is 19.9 Å². The third-order valence-corrected chi connectivity index (χ3v) is 5.07. The zero-order valence-corrected chi connectivity index (χ0v) is 20.2. The third-order valence-electron chi connectivity index (χ3n) is 4.47. The molecule has 0 aliphatic rings. The van der Waals surface area contributed by atoms with Crippen LogP contribution in [0.4, 0.5) is 5.69 Å². The topological polar surface area (TPSA) is 111 Å². The number of benzene rings is 2. The second-order valence-electron chi connectivity index (χ2n) is 7.51. The molecule has 9 heteroatoms. The fourth-order valence-corrected chi connectivity index (χ4v) is 3.53. The number of allylic oxidation sites excluding steroid dienone is 3. The highest BCUT2D eigenvalue weighted by Crippen LogP contribution is 2.40. The summed E-state index contributed by atoms with van der Waals surface area (Å²) in [5, 5.41) is 10.5. The summed E-state index contributed by atoms with van der Waals surface area (Å²) in [6.07, 6.45) is 6.29. The van der Waals surface area contributed by atoms with Crippen molar-refractivity contribution in [1.29, 1.82) is 0 Å². The maximum atomic E-state index is 13.2. The lowest BCUT2D eigenvalue weighted by Crippen LogP contribution is -2.10. The van der Waals surface area contributed by atoms with Crippen molar-refractivity contribution in [3.8, 4) is 17.2 Å². The average molecular weight is 476 g/mol. The molecule has 2 N–H and O–H groups in total. The van der Waals surface area contributed by atoms with Crippen LogP contribution < -0.4 is 14.2 Å². The van der Waals surface area contributed by atoms with Gasteiger partial charge in [0.05, 0.1) is 13.4 Å². The highest BCUT2D eigenvalue weighted by molar-refractivity contribution is 7.92. The van der Waals surface area contributed by atoms with Crippen molar-refractivity contribution in [2.75, 3.05) is 32.0 Å². The van der Waals surface area contributed by atoms with Crippen molar-refractivity contribution in [2.24, 2.45) is 0 Å². The van der Waals surface area contributed by atoms with Gasteiger partial charge in [-0.3, -0.25) is 9.52 Å². The summed E-state index contributed by atoms with van der Waals surface area (Å²) in [6, 6.07) is 7.93. The van der Waals surface area contributed by atoms with Gasteiger partial charge in [0, 0.05) is 24.4 Å². The summed E-state index contributed by atoms with van der Waals surface area (Å²) in [5.41, 5.74) is 2.76. The predicted octanol–water partition coefficient (Wildman–Crippen LogP) is 4.16. The van der Waals surface area contributed by atoms with E-state index in [0.717, 1.165) is 11.8 Å². The quantitative estimate of drug-likeness (QED) is 0.217. The first-order chi connectivity index (χ1) is 15.6. The molecule has 8 nitrogen and oxygen atoms in total. The van der Waals surface area contributed by atoms with Crippen LogP contribution in [0.5, 0.6) is 17.2 Å². The van der Waals surface area contributed by atoms with E-state index in [-0.39, 0.29) is 29.6 Å². The SMILES string of the molecule is COCOc1c(CC=C(C)C)c(O)cc(OC)c1C(=O)/C=C\c1ccc(NS(C)(=O)=O)cc1. The normalized spacial score (nSPS) is 11.3. The molecule has 2 aromatic carbocycles. The average Bonchev–Trinajstić information content (AvgIpc) is 2.74. The van der Waals surface area contributed by atoms with Gasteiger partial charge in [-0.15, -0.1) is 0 Å². The van der Waals surface area contributed by atoms with E-state index in [9.17, 15) is 18.3 Å². The molecule has 0 spiro atoms. The van der Waals surface area contributed by atoms with Crippen molar-refractivity contribution in [3.63, 3.8) is 0 Å². The van der Waals surface area contributed by atoms with Gasteiger partial charge in [0.15, 0.2) is 12.6 Å². The number of ether oxygens (including phenoxy) is 3. The minimum atomic E-state index is -3.37. The van der Waals surface area contributed by atoms with Gasteiger partial charge in [-0.25, -0.2) is 8.42 Å². The lowest BCUT2D eigenvalue weighted by Gasteiger charge is -2.18. The summed E-state index contributed by atoms with van der Waals surface area (Å²) >= 11 is 0. The molecule has 0 fully saturated rings. The molecule has 0 unspecified atom stereocenters. The van der Waals surface area contributed by atoms with Crippen LogP contribution in [0.25, 0.3) is 6.08 Å². The Labute approximate surface area is 194 Å². The standard InChI is InChI=1S/C24H29NO7S/c1-16(2)6-12-19-21(27)14-22(31-4)23(24(19)32-15-30-3)20(26)13-9-17-7-10-18(11-8-17)25-33(5,28)29/h6-11,13-14,25,27H,12,15H2,1-5H3/b13-9-. The minimum Gasteiger partial charge on any atom is -0.507 e. The highest BCUT2D eigenvalue weighted by atomic mass is 32.2. The van der Waals surface area contributed by atoms with Crippen LogP contribution >= 0.6 is 0 Å². The summed E-state index contributed by atoms with van der Waals surface area (Å²) in [7, 11) is -0.515. The van der Waals surface area contributed by atoms with Crippen LogP contribution in [0.1, 0.15) is 35.3 Å². The molecule has 0 atom stereocenters. The molecule has 178 valence electrons. The fraction of sp³-hybridized carbons (Fsp3) is 0.292. The lowest BCUT2D eigenvalue weighted by molar-refractivity contribution is 0.0494. The largest absolute Gasteiger partial charge is 0.507 e. The van der Waals surface area contributed by atoms with Gasteiger partial charge >= 0.3 is 0 Å². The third kappa shape index (κ3) is 7.65. The molecule has 2 rings (SSSR count). The highest BCUT2D eigenvalue weighted by Gasteiger charge is 2.24. The van der Waals surface area contributed by atoms with Crippen molar-refractivity contribution in [2.45, 2.75) is 20.3 Å². The molecular weight excluding hydrogens is 446 g/mol. The number of phenols is 1. The van der Waals surface area contributed by atoms with Crippen molar-refractivity contribution >= 4 is 27.6 Å². The molecule has 0 aromatic heterocycles. The number of methoxy groups -OCH3 is 2. The molecule has 0 aliphatic heterocycles. The molecule has 0 radical (unpaired) electrons. The number of rotatable bonds is 11. The van der Waals surface area contributed by atoms with Crippen LogP contribution in [-0.4, -0.2) is 46.6 Å². The van der Waals surface area contributed by atoms with Crippen LogP contribution in [0, 0.1) is 0 Å². The van der Waals surface area contributed by atoms with Crippen molar-refractivity contribution in [1.82, 2.24) is 0 Å². The van der Waals surface area contributed by atoms with Gasteiger partial charge in [0.1, 0.15) is 22.8 Å². The molecule has 2 aromatic rings. The number of hydrogen-bond acceptors (Lipinski definition) is 7. The molecule has 0 bridgehead atoms. The Morgan fingerprint density at radius 3 is 2.36 bits per heavy atom. The maximum absolute atomic E-state index is 13.2.